The van der Waals surface area contributed by atoms with E-state index in [1.54, 1.807) is 18.2 Å². The molecule has 1 heterocycles. The maximum Gasteiger partial charge on any atom is 0.338 e. The molecule has 2 aliphatic rings. The Kier molecular flexibility index (Phi) is 8.15. The second-order valence-corrected chi connectivity index (χ2v) is 12.5. The third kappa shape index (κ3) is 6.32. The van der Waals surface area contributed by atoms with Crippen LogP contribution in [0.15, 0.2) is 95.9 Å². The maximum atomic E-state index is 13.0. The van der Waals surface area contributed by atoms with Crippen LogP contribution in [0.1, 0.15) is 43.8 Å². The third-order valence-corrected chi connectivity index (χ3v) is 8.94. The highest BCUT2D eigenvalue weighted by Gasteiger charge is 2.39. The Morgan fingerprint density at radius 1 is 0.867 bits per heavy atom. The lowest BCUT2D eigenvalue weighted by molar-refractivity contribution is -0.121. The number of benzene rings is 4. The summed E-state index contributed by atoms with van der Waals surface area (Å²) < 4.78 is 28.1. The number of sulfonamides is 1. The summed E-state index contributed by atoms with van der Waals surface area (Å²) in [4.78, 5) is 52.3. The number of nitrogens with zero attached hydrogens (tertiary/aromatic N) is 1. The zero-order chi connectivity index (χ0) is 31.7. The van der Waals surface area contributed by atoms with Crippen molar-refractivity contribution in [1.29, 1.82) is 0 Å². The lowest BCUT2D eigenvalue weighted by Gasteiger charge is -2.16. The van der Waals surface area contributed by atoms with Gasteiger partial charge in [0.05, 0.1) is 28.6 Å². The van der Waals surface area contributed by atoms with Crippen LogP contribution in [0.2, 0.25) is 0 Å². The molecule has 3 N–H and O–H groups in total. The molecule has 11 heteroatoms. The van der Waals surface area contributed by atoms with E-state index < -0.39 is 34.5 Å². The summed E-state index contributed by atoms with van der Waals surface area (Å²) in [5.41, 5.74) is 6.35. The zero-order valence-corrected chi connectivity index (χ0v) is 24.9. The molecule has 1 fully saturated rings. The number of imide groups is 1. The van der Waals surface area contributed by atoms with Gasteiger partial charge < -0.3 is 10.1 Å². The molecule has 0 bridgehead atoms. The number of rotatable bonds is 10. The van der Waals surface area contributed by atoms with E-state index in [-0.39, 0.29) is 28.6 Å². The van der Waals surface area contributed by atoms with Crippen LogP contribution in [0.4, 0.5) is 5.69 Å². The Morgan fingerprint density at radius 3 is 2.29 bits per heavy atom. The number of nitrogens with one attached hydrogen (secondary N) is 1. The summed E-state index contributed by atoms with van der Waals surface area (Å²) >= 11 is 0. The second kappa shape index (κ2) is 12.2. The van der Waals surface area contributed by atoms with E-state index in [0.717, 1.165) is 33.6 Å². The molecule has 0 saturated carbocycles. The van der Waals surface area contributed by atoms with Crippen LogP contribution in [-0.2, 0) is 37.2 Å². The number of nitrogens with two attached hydrogens (primary N) is 1. The highest BCUT2D eigenvalue weighted by molar-refractivity contribution is 7.89. The number of fused-ring (bicyclic) bond motifs is 3. The number of carbonyl (C=O) groups excluding carboxylic acids is 4. The predicted octanol–water partition coefficient (Wildman–Crippen LogP) is 3.41. The molecule has 6 rings (SSSR count). The average molecular weight is 624 g/mol. The van der Waals surface area contributed by atoms with E-state index in [0.29, 0.717) is 24.2 Å². The number of amides is 2. The van der Waals surface area contributed by atoms with Gasteiger partial charge in [0.1, 0.15) is 0 Å². The largest absolute Gasteiger partial charge is 0.454 e. The smallest absolute Gasteiger partial charge is 0.338 e. The molecule has 1 unspecified atom stereocenters. The summed E-state index contributed by atoms with van der Waals surface area (Å²) in [5, 5.41) is 8.20. The Hall–Kier alpha value is -4.97. The summed E-state index contributed by atoms with van der Waals surface area (Å²) in [6.07, 6.45) is 1.23. The predicted molar refractivity (Wildman–Crippen MR) is 166 cm³/mol. The molecule has 0 radical (unpaired) electrons. The van der Waals surface area contributed by atoms with E-state index in [1.807, 2.05) is 24.3 Å². The number of anilines is 1. The summed E-state index contributed by atoms with van der Waals surface area (Å²) in [6.45, 7) is -0.0338. The number of esters is 1. The van der Waals surface area contributed by atoms with Crippen molar-refractivity contribution in [2.45, 2.75) is 30.2 Å². The van der Waals surface area contributed by atoms with Gasteiger partial charge in [-0.15, -0.1) is 0 Å². The van der Waals surface area contributed by atoms with E-state index in [4.69, 9.17) is 9.88 Å². The number of ketones is 1. The minimum Gasteiger partial charge on any atom is -0.454 e. The van der Waals surface area contributed by atoms with Gasteiger partial charge >= 0.3 is 5.97 Å². The van der Waals surface area contributed by atoms with Crippen LogP contribution >= 0.6 is 0 Å². The zero-order valence-electron chi connectivity index (χ0n) is 24.1. The van der Waals surface area contributed by atoms with Crippen LogP contribution in [0.3, 0.4) is 0 Å². The average Bonchev–Trinajstić information content (AvgIpc) is 3.54. The molecular formula is C34H29N3O7S. The molecule has 2 amide bonds. The first-order valence-electron chi connectivity index (χ1n) is 14.3. The van der Waals surface area contributed by atoms with Gasteiger partial charge in [0.2, 0.25) is 15.9 Å². The third-order valence-electron chi connectivity index (χ3n) is 8.01. The Bertz CT molecular complexity index is 1940. The molecule has 0 aromatic heterocycles. The molecule has 1 aliphatic heterocycles. The monoisotopic (exact) mass is 623 g/mol. The van der Waals surface area contributed by atoms with Crippen molar-refractivity contribution < 1.29 is 32.3 Å². The number of Topliss-reactive ketones (excluding diaryl/α,β-unsaturated/α-hetero) is 1. The highest BCUT2D eigenvalue weighted by Crippen LogP contribution is 2.36. The van der Waals surface area contributed by atoms with Crippen LogP contribution in [0.5, 0.6) is 0 Å². The minimum atomic E-state index is -3.78. The number of ether oxygens (including phenoxy) is 1. The lowest BCUT2D eigenvalue weighted by Crippen LogP contribution is -2.39. The van der Waals surface area contributed by atoms with Crippen LogP contribution in [0, 0.1) is 0 Å². The fourth-order valence-corrected chi connectivity index (χ4v) is 6.18. The van der Waals surface area contributed by atoms with E-state index in [1.165, 1.54) is 42.0 Å². The van der Waals surface area contributed by atoms with Gasteiger partial charge in [-0.1, -0.05) is 48.5 Å². The van der Waals surface area contributed by atoms with Gasteiger partial charge in [-0.3, -0.25) is 14.4 Å². The van der Waals surface area contributed by atoms with Gasteiger partial charge in [-0.2, -0.15) is 0 Å². The van der Waals surface area contributed by atoms with Crippen molar-refractivity contribution in [3.05, 3.63) is 119 Å². The van der Waals surface area contributed by atoms with Crippen molar-refractivity contribution in [3.63, 3.8) is 0 Å². The second-order valence-electron chi connectivity index (χ2n) is 11.0. The topological polar surface area (TPSA) is 153 Å². The number of carbonyl (C=O) groups is 4. The minimum absolute atomic E-state index is 0.0147. The van der Waals surface area contributed by atoms with Gasteiger partial charge in [-0.05, 0) is 89.7 Å². The normalized spacial score (nSPS) is 15.6. The summed E-state index contributed by atoms with van der Waals surface area (Å²) in [6, 6.07) is 24.9. The van der Waals surface area contributed by atoms with Crippen molar-refractivity contribution >= 4 is 39.3 Å². The molecule has 10 nitrogen and oxygen atoms in total. The molecule has 45 heavy (non-hydrogen) atoms. The molecule has 4 aromatic carbocycles. The highest BCUT2D eigenvalue weighted by atomic mass is 32.2. The van der Waals surface area contributed by atoms with Gasteiger partial charge in [-0.25, -0.2) is 23.3 Å². The first-order valence-corrected chi connectivity index (χ1v) is 15.9. The van der Waals surface area contributed by atoms with Crippen molar-refractivity contribution in [2.75, 3.05) is 18.1 Å². The van der Waals surface area contributed by atoms with Crippen LogP contribution < -0.4 is 15.4 Å². The summed E-state index contributed by atoms with van der Waals surface area (Å²) in [7, 11) is -3.78. The number of hydrogen-bond donors (Lipinski definition) is 2. The molecule has 1 atom stereocenters. The van der Waals surface area contributed by atoms with E-state index in [2.05, 4.69) is 17.4 Å². The van der Waals surface area contributed by atoms with Gasteiger partial charge in [0, 0.05) is 5.56 Å². The number of primary sulfonamides is 1. The van der Waals surface area contributed by atoms with E-state index >= 15 is 0 Å². The van der Waals surface area contributed by atoms with Crippen molar-refractivity contribution in [2.24, 2.45) is 5.14 Å². The Labute approximate surface area is 259 Å². The fourth-order valence-electron chi connectivity index (χ4n) is 5.66. The quantitative estimate of drug-likeness (QED) is 0.136. The van der Waals surface area contributed by atoms with Crippen molar-refractivity contribution in [1.82, 2.24) is 5.32 Å². The first kappa shape index (κ1) is 30.1. The SMILES string of the molecule is NS(=O)(=O)c1ccc(CCNC2CC(=O)N(c3ccc(C(=O)OCC(=O)c4ccc5c(c4)Cc4ccccc4-5)cc3)C2=O)cc1. The Balaban J connectivity index is 1.01. The molecular weight excluding hydrogens is 594 g/mol. The number of hydrogen-bond acceptors (Lipinski definition) is 8. The molecule has 4 aromatic rings. The van der Waals surface area contributed by atoms with Gasteiger partial charge in [0.25, 0.3) is 5.91 Å². The lowest BCUT2D eigenvalue weighted by atomic mass is 10.0. The molecule has 228 valence electrons. The molecule has 0 spiro atoms. The maximum absolute atomic E-state index is 13.0. The molecule has 1 saturated heterocycles. The van der Waals surface area contributed by atoms with Crippen LogP contribution in [0.25, 0.3) is 11.1 Å². The van der Waals surface area contributed by atoms with Gasteiger partial charge in [0.15, 0.2) is 12.4 Å². The van der Waals surface area contributed by atoms with Crippen molar-refractivity contribution in [3.8, 4) is 11.1 Å². The standard InChI is InChI=1S/C34H29N3O7S/c35-45(42,43)27-12-5-21(6-13-27)15-16-36-30-19-32(39)37(33(30)40)26-10-7-22(8-11-26)34(41)44-20-31(38)24-9-14-29-25(18-24)17-23-3-1-2-4-28(23)29/h1-14,18,30,36H,15-17,19-20H2,(H2,35,42,43). The fraction of sp³-hybridized carbons (Fsp3) is 0.176. The van der Waals surface area contributed by atoms with E-state index in [9.17, 15) is 27.6 Å². The van der Waals surface area contributed by atoms with Crippen LogP contribution in [-0.4, -0.2) is 51.2 Å². The Morgan fingerprint density at radius 2 is 1.56 bits per heavy atom. The first-order chi connectivity index (χ1) is 21.6. The molecule has 1 aliphatic carbocycles. The summed E-state index contributed by atoms with van der Waals surface area (Å²) in [5.74, 6) is -1.80.